The Kier molecular flexibility index (Phi) is 8.47. The Balaban J connectivity index is 2.12. The number of hydrogen-bond acceptors (Lipinski definition) is 5. The zero-order valence-electron chi connectivity index (χ0n) is 18.3. The molecule has 0 fully saturated rings. The third-order valence-corrected chi connectivity index (χ3v) is 6.18. The summed E-state index contributed by atoms with van der Waals surface area (Å²) in [6.07, 6.45) is 4.18. The van der Waals surface area contributed by atoms with Crippen LogP contribution in [0.25, 0.3) is 10.9 Å². The van der Waals surface area contributed by atoms with Crippen molar-refractivity contribution in [1.29, 1.82) is 0 Å². The first kappa shape index (κ1) is 24.4. The van der Waals surface area contributed by atoms with Gasteiger partial charge in [-0.25, -0.2) is 4.98 Å². The van der Waals surface area contributed by atoms with Crippen LogP contribution >= 0.6 is 38.5 Å². The van der Waals surface area contributed by atoms with Crippen molar-refractivity contribution in [3.05, 3.63) is 72.8 Å². The Labute approximate surface area is 209 Å². The highest BCUT2D eigenvalue weighted by Crippen LogP contribution is 2.34. The molecule has 0 aliphatic carbocycles. The number of fused-ring (bicyclic) bond motifs is 1. The Hall–Kier alpha value is -2.20. The Morgan fingerprint density at radius 3 is 2.75 bits per heavy atom. The maximum atomic E-state index is 13.3. The molecule has 1 atom stereocenters. The van der Waals surface area contributed by atoms with Crippen LogP contribution in [-0.4, -0.2) is 29.1 Å². The fourth-order valence-corrected chi connectivity index (χ4v) is 4.25. The predicted molar refractivity (Wildman–Crippen MR) is 141 cm³/mol. The molecule has 3 aromatic rings. The molecule has 0 amide bonds. The summed E-state index contributed by atoms with van der Waals surface area (Å²) in [7, 11) is 0. The summed E-state index contributed by atoms with van der Waals surface area (Å²) in [5, 5.41) is 5.06. The summed E-state index contributed by atoms with van der Waals surface area (Å²) in [5.74, 6) is 1.99. The van der Waals surface area contributed by atoms with Crippen LogP contribution in [0.1, 0.15) is 44.5 Å². The molecule has 6 nitrogen and oxygen atoms in total. The molecule has 1 heterocycles. The van der Waals surface area contributed by atoms with E-state index in [0.717, 1.165) is 20.0 Å². The lowest BCUT2D eigenvalue weighted by Gasteiger charge is -2.15. The van der Waals surface area contributed by atoms with Crippen LogP contribution in [0.4, 0.5) is 0 Å². The average Bonchev–Trinajstić information content (AvgIpc) is 2.78. The topological polar surface area (TPSA) is 65.7 Å². The summed E-state index contributed by atoms with van der Waals surface area (Å²) in [6.45, 7) is 10.6. The molecule has 0 aliphatic rings. The fraction of sp³-hybridized carbons (Fsp3) is 0.292. The molecule has 1 aromatic heterocycles. The molecule has 168 valence electrons. The van der Waals surface area contributed by atoms with Crippen LogP contribution in [0.15, 0.2) is 57.4 Å². The summed E-state index contributed by atoms with van der Waals surface area (Å²) in [6, 6.07) is 9.30. The lowest BCUT2D eigenvalue weighted by molar-refractivity contribution is 0.295. The Morgan fingerprint density at radius 1 is 1.28 bits per heavy atom. The van der Waals surface area contributed by atoms with Crippen molar-refractivity contribution in [1.82, 2.24) is 9.66 Å². The molecular formula is C24H25BrIN3O3. The maximum absolute atomic E-state index is 13.3. The molecule has 0 saturated heterocycles. The van der Waals surface area contributed by atoms with Gasteiger partial charge in [-0.2, -0.15) is 9.78 Å². The smallest absolute Gasteiger partial charge is 0.282 e. The Morgan fingerprint density at radius 2 is 2.06 bits per heavy atom. The minimum atomic E-state index is -0.200. The lowest BCUT2D eigenvalue weighted by Crippen LogP contribution is -2.23. The largest absolute Gasteiger partial charge is 0.490 e. The van der Waals surface area contributed by atoms with E-state index in [-0.39, 0.29) is 11.5 Å². The lowest BCUT2D eigenvalue weighted by atomic mass is 10.1. The van der Waals surface area contributed by atoms with Crippen LogP contribution < -0.4 is 15.0 Å². The third-order valence-electron chi connectivity index (χ3n) is 4.89. The molecule has 8 heteroatoms. The van der Waals surface area contributed by atoms with Gasteiger partial charge in [0.2, 0.25) is 0 Å². The van der Waals surface area contributed by atoms with Crippen molar-refractivity contribution in [2.75, 3.05) is 13.2 Å². The zero-order valence-corrected chi connectivity index (χ0v) is 22.0. The number of benzene rings is 2. The summed E-state index contributed by atoms with van der Waals surface area (Å²) in [5.41, 5.74) is 1.26. The minimum absolute atomic E-state index is 0.0710. The third kappa shape index (κ3) is 5.40. The van der Waals surface area contributed by atoms with Crippen molar-refractivity contribution in [3.8, 4) is 11.5 Å². The second-order valence-electron chi connectivity index (χ2n) is 7.16. The molecular weight excluding hydrogens is 585 g/mol. The van der Waals surface area contributed by atoms with Gasteiger partial charge < -0.3 is 9.47 Å². The summed E-state index contributed by atoms with van der Waals surface area (Å²) >= 11 is 5.64. The van der Waals surface area contributed by atoms with Crippen LogP contribution in [-0.2, 0) is 0 Å². The zero-order chi connectivity index (χ0) is 23.3. The van der Waals surface area contributed by atoms with Gasteiger partial charge in [-0.05, 0) is 71.8 Å². The highest BCUT2D eigenvalue weighted by Gasteiger charge is 2.16. The second-order valence-corrected chi connectivity index (χ2v) is 9.24. The van der Waals surface area contributed by atoms with Crippen molar-refractivity contribution in [3.63, 3.8) is 0 Å². The van der Waals surface area contributed by atoms with E-state index < -0.39 is 0 Å². The van der Waals surface area contributed by atoms with Crippen molar-refractivity contribution < 1.29 is 9.47 Å². The quantitative estimate of drug-likeness (QED) is 0.166. The van der Waals surface area contributed by atoms with E-state index >= 15 is 0 Å². The minimum Gasteiger partial charge on any atom is -0.490 e. The number of halogens is 2. The van der Waals surface area contributed by atoms with Gasteiger partial charge in [0.25, 0.3) is 5.56 Å². The first-order chi connectivity index (χ1) is 15.4. The first-order valence-electron chi connectivity index (χ1n) is 10.4. The SMILES string of the molecule is C=CCOc1c(I)cc(C=Nn2c([C@@H](C)CC)nc3ccc(Br)cc3c2=O)cc1OCC. The molecule has 3 rings (SSSR count). The fourth-order valence-electron chi connectivity index (χ4n) is 3.11. The molecule has 0 saturated carbocycles. The van der Waals surface area contributed by atoms with Crippen molar-refractivity contribution >= 4 is 55.6 Å². The number of hydrogen-bond donors (Lipinski definition) is 0. The number of nitrogens with zero attached hydrogens (tertiary/aromatic N) is 3. The van der Waals surface area contributed by atoms with E-state index in [1.165, 1.54) is 4.68 Å². The van der Waals surface area contributed by atoms with Gasteiger partial charge in [-0.15, -0.1) is 0 Å². The molecule has 32 heavy (non-hydrogen) atoms. The van der Waals surface area contributed by atoms with E-state index in [1.807, 2.05) is 38.1 Å². The van der Waals surface area contributed by atoms with E-state index in [9.17, 15) is 4.79 Å². The van der Waals surface area contributed by atoms with E-state index in [4.69, 9.17) is 14.5 Å². The first-order valence-corrected chi connectivity index (χ1v) is 12.2. The van der Waals surface area contributed by atoms with Crippen molar-refractivity contribution in [2.45, 2.75) is 33.1 Å². The molecule has 0 aliphatic heterocycles. The van der Waals surface area contributed by atoms with Gasteiger partial charge in [0.15, 0.2) is 11.5 Å². The molecule has 0 spiro atoms. The molecule has 2 aromatic carbocycles. The van der Waals surface area contributed by atoms with Gasteiger partial charge in [0, 0.05) is 10.4 Å². The number of ether oxygens (including phenoxy) is 2. The van der Waals surface area contributed by atoms with Gasteiger partial charge in [-0.3, -0.25) is 4.79 Å². The van der Waals surface area contributed by atoms with Crippen LogP contribution in [0.3, 0.4) is 0 Å². The summed E-state index contributed by atoms with van der Waals surface area (Å²) in [4.78, 5) is 18.0. The van der Waals surface area contributed by atoms with Gasteiger partial charge in [0.1, 0.15) is 12.4 Å². The number of rotatable bonds is 9. The molecule has 0 N–H and O–H groups in total. The molecule has 0 radical (unpaired) electrons. The summed E-state index contributed by atoms with van der Waals surface area (Å²) < 4.78 is 14.6. The van der Waals surface area contributed by atoms with Gasteiger partial charge >= 0.3 is 0 Å². The molecule has 0 unspecified atom stereocenters. The Bertz CT molecular complexity index is 1220. The molecule has 0 bridgehead atoms. The van der Waals surface area contributed by atoms with E-state index in [0.29, 0.717) is 41.4 Å². The highest BCUT2D eigenvalue weighted by molar-refractivity contribution is 14.1. The second kappa shape index (κ2) is 11.1. The maximum Gasteiger partial charge on any atom is 0.282 e. The van der Waals surface area contributed by atoms with E-state index in [1.54, 1.807) is 18.4 Å². The number of aromatic nitrogens is 2. The monoisotopic (exact) mass is 609 g/mol. The van der Waals surface area contributed by atoms with Gasteiger partial charge in [-0.1, -0.05) is 42.4 Å². The van der Waals surface area contributed by atoms with Crippen LogP contribution in [0.5, 0.6) is 11.5 Å². The van der Waals surface area contributed by atoms with Crippen LogP contribution in [0, 0.1) is 3.57 Å². The standard InChI is InChI=1S/C24H25BrIN3O3/c1-5-10-32-22-19(26)11-16(12-21(22)31-7-3)14-27-29-23(15(4)6-2)28-20-9-8-17(25)13-18(20)24(29)30/h5,8-9,11-15H,1,6-7,10H2,2-4H3/t15-/m0/s1. The van der Waals surface area contributed by atoms with Gasteiger partial charge in [0.05, 0.1) is 27.3 Å². The van der Waals surface area contributed by atoms with Crippen LogP contribution in [0.2, 0.25) is 0 Å². The normalized spacial score (nSPS) is 12.3. The predicted octanol–water partition coefficient (Wildman–Crippen LogP) is 6.12. The van der Waals surface area contributed by atoms with Crippen molar-refractivity contribution in [2.24, 2.45) is 5.10 Å². The average molecular weight is 610 g/mol. The highest BCUT2D eigenvalue weighted by atomic mass is 127. The van der Waals surface area contributed by atoms with E-state index in [2.05, 4.69) is 57.1 Å².